The number of nitrogens with zero attached hydrogens (tertiary/aromatic N) is 4. The van der Waals surface area contributed by atoms with E-state index in [0.717, 1.165) is 23.9 Å². The molecule has 198 valence electrons. The van der Waals surface area contributed by atoms with Gasteiger partial charge < -0.3 is 10.2 Å². The van der Waals surface area contributed by atoms with Crippen molar-refractivity contribution >= 4 is 26.8 Å². The highest BCUT2D eigenvalue weighted by Gasteiger charge is 2.30. The fourth-order valence-corrected chi connectivity index (χ4v) is 6.31. The Kier molecular flexibility index (Phi) is 7.29. The van der Waals surface area contributed by atoms with Crippen LogP contribution in [-0.2, 0) is 16.6 Å². The zero-order chi connectivity index (χ0) is 26.9. The van der Waals surface area contributed by atoms with Gasteiger partial charge in [-0.25, -0.2) is 17.5 Å². The van der Waals surface area contributed by atoms with Crippen molar-refractivity contribution < 1.29 is 17.6 Å². The number of carbonyl (C=O) groups is 1. The maximum atomic E-state index is 13.3. The van der Waals surface area contributed by atoms with Crippen molar-refractivity contribution in [2.45, 2.75) is 30.3 Å². The molecule has 0 unspecified atom stereocenters. The van der Waals surface area contributed by atoms with Gasteiger partial charge in [0.15, 0.2) is 0 Å². The molecule has 0 spiro atoms. The van der Waals surface area contributed by atoms with Crippen molar-refractivity contribution in [3.8, 4) is 5.69 Å². The van der Waals surface area contributed by atoms with E-state index in [4.69, 9.17) is 0 Å². The number of hydrogen-bond acceptors (Lipinski definition) is 5. The average Bonchev–Trinajstić information content (AvgIpc) is 3.37. The molecule has 38 heavy (non-hydrogen) atoms. The van der Waals surface area contributed by atoms with E-state index in [1.54, 1.807) is 63.7 Å². The van der Waals surface area contributed by atoms with Crippen molar-refractivity contribution in [1.29, 1.82) is 0 Å². The number of amides is 1. The maximum Gasteiger partial charge on any atom is 0.252 e. The molecule has 5 rings (SSSR count). The minimum Gasteiger partial charge on any atom is -0.348 e. The first-order valence-electron chi connectivity index (χ1n) is 12.5. The van der Waals surface area contributed by atoms with Gasteiger partial charge in [0.05, 0.1) is 27.9 Å². The largest absolute Gasteiger partial charge is 0.348 e. The first kappa shape index (κ1) is 26.0. The molecule has 1 aliphatic heterocycles. The summed E-state index contributed by atoms with van der Waals surface area (Å²) in [7, 11) is 0.491. The van der Waals surface area contributed by atoms with E-state index in [1.165, 1.54) is 12.1 Å². The summed E-state index contributed by atoms with van der Waals surface area (Å²) in [5, 5.41) is 7.98. The third-order valence-electron chi connectivity index (χ3n) is 7.10. The van der Waals surface area contributed by atoms with E-state index >= 15 is 0 Å². The van der Waals surface area contributed by atoms with Gasteiger partial charge in [-0.05, 0) is 81.0 Å². The van der Waals surface area contributed by atoms with E-state index in [-0.39, 0.29) is 23.2 Å². The lowest BCUT2D eigenvalue weighted by Crippen LogP contribution is -2.44. The molecule has 3 aromatic carbocycles. The normalized spacial score (nSPS) is 15.3. The van der Waals surface area contributed by atoms with E-state index in [9.17, 15) is 17.6 Å². The van der Waals surface area contributed by atoms with Gasteiger partial charge in [0.1, 0.15) is 5.82 Å². The molecule has 1 amide bonds. The Morgan fingerprint density at radius 3 is 2.37 bits per heavy atom. The van der Waals surface area contributed by atoms with Gasteiger partial charge in [0, 0.05) is 31.1 Å². The van der Waals surface area contributed by atoms with Gasteiger partial charge in [-0.1, -0.05) is 18.2 Å². The molecule has 0 aliphatic carbocycles. The SMILES string of the molecule is CN(C)C1CCN(S(=O)(=O)c2ccc(CNC(=O)c3cccc4c3cnn4-c3ccc(F)cc3)cc2)CC1. The third kappa shape index (κ3) is 5.20. The lowest BCUT2D eigenvalue weighted by molar-refractivity contribution is 0.0952. The van der Waals surface area contributed by atoms with E-state index < -0.39 is 10.0 Å². The summed E-state index contributed by atoms with van der Waals surface area (Å²) in [6, 6.07) is 18.4. The fraction of sp³-hybridized carbons (Fsp3) is 0.286. The van der Waals surface area contributed by atoms with Gasteiger partial charge in [-0.2, -0.15) is 9.40 Å². The Balaban J connectivity index is 1.25. The number of aromatic nitrogens is 2. The van der Waals surface area contributed by atoms with Crippen molar-refractivity contribution in [1.82, 2.24) is 24.3 Å². The Morgan fingerprint density at radius 1 is 1.03 bits per heavy atom. The highest BCUT2D eigenvalue weighted by molar-refractivity contribution is 7.89. The van der Waals surface area contributed by atoms with Crippen molar-refractivity contribution in [3.63, 3.8) is 0 Å². The number of sulfonamides is 1. The fourth-order valence-electron chi connectivity index (χ4n) is 4.84. The molecule has 8 nitrogen and oxygen atoms in total. The third-order valence-corrected chi connectivity index (χ3v) is 9.01. The summed E-state index contributed by atoms with van der Waals surface area (Å²) in [4.78, 5) is 15.4. The second kappa shape index (κ2) is 10.6. The Hall–Kier alpha value is -3.60. The summed E-state index contributed by atoms with van der Waals surface area (Å²) in [5.74, 6) is -0.602. The Morgan fingerprint density at radius 2 is 1.71 bits per heavy atom. The van der Waals surface area contributed by atoms with Gasteiger partial charge in [-0.3, -0.25) is 4.79 Å². The van der Waals surface area contributed by atoms with Crippen LogP contribution in [0, 0.1) is 5.82 Å². The number of carbonyl (C=O) groups excluding carboxylic acids is 1. The molecule has 1 fully saturated rings. The first-order chi connectivity index (χ1) is 18.2. The average molecular weight is 536 g/mol. The molecule has 1 aromatic heterocycles. The predicted molar refractivity (Wildman–Crippen MR) is 144 cm³/mol. The minimum atomic E-state index is -3.55. The lowest BCUT2D eigenvalue weighted by Gasteiger charge is -2.34. The van der Waals surface area contributed by atoms with Gasteiger partial charge in [-0.15, -0.1) is 0 Å². The maximum absolute atomic E-state index is 13.3. The van der Waals surface area contributed by atoms with Crippen molar-refractivity contribution in [3.05, 3.63) is 89.9 Å². The van der Waals surface area contributed by atoms with Crippen LogP contribution in [0.2, 0.25) is 0 Å². The number of halogens is 1. The summed E-state index contributed by atoms with van der Waals surface area (Å²) in [5.41, 5.74) is 2.68. The summed E-state index contributed by atoms with van der Waals surface area (Å²) < 4.78 is 42.7. The Labute approximate surface area is 221 Å². The number of fused-ring (bicyclic) bond motifs is 1. The number of rotatable bonds is 7. The second-order valence-electron chi connectivity index (χ2n) is 9.70. The molecule has 10 heteroatoms. The summed E-state index contributed by atoms with van der Waals surface area (Å²) in [6.45, 7) is 1.26. The second-order valence-corrected chi connectivity index (χ2v) is 11.6. The summed E-state index contributed by atoms with van der Waals surface area (Å²) in [6.07, 6.45) is 3.24. The quantitative estimate of drug-likeness (QED) is 0.389. The Bertz CT molecular complexity index is 1540. The van der Waals surface area contributed by atoms with Crippen LogP contribution in [0.4, 0.5) is 4.39 Å². The molecular formula is C28H30FN5O3S. The molecule has 1 saturated heterocycles. The number of hydrogen-bond donors (Lipinski definition) is 1. The predicted octanol–water partition coefficient (Wildman–Crippen LogP) is 3.81. The van der Waals surface area contributed by atoms with Crippen LogP contribution in [0.5, 0.6) is 0 Å². The molecule has 1 aliphatic rings. The topological polar surface area (TPSA) is 87.5 Å². The van der Waals surface area contributed by atoms with Crippen LogP contribution in [0.25, 0.3) is 16.6 Å². The van der Waals surface area contributed by atoms with E-state index in [1.807, 2.05) is 20.2 Å². The number of nitrogens with one attached hydrogen (secondary N) is 1. The zero-order valence-electron chi connectivity index (χ0n) is 21.3. The van der Waals surface area contributed by atoms with Crippen LogP contribution in [0.3, 0.4) is 0 Å². The smallest absolute Gasteiger partial charge is 0.252 e. The van der Waals surface area contributed by atoms with Crippen LogP contribution in [0.1, 0.15) is 28.8 Å². The molecule has 0 radical (unpaired) electrons. The highest BCUT2D eigenvalue weighted by atomic mass is 32.2. The molecule has 2 heterocycles. The zero-order valence-corrected chi connectivity index (χ0v) is 22.2. The van der Waals surface area contributed by atoms with Gasteiger partial charge >= 0.3 is 0 Å². The van der Waals surface area contributed by atoms with E-state index in [2.05, 4.69) is 15.3 Å². The molecular weight excluding hydrogens is 505 g/mol. The van der Waals surface area contributed by atoms with Crippen LogP contribution in [0.15, 0.2) is 77.8 Å². The standard InChI is InChI=1S/C28H30FN5O3S/c1-32(2)22-14-16-33(17-15-22)38(36,37)24-12-6-20(7-13-24)18-30-28(35)25-4-3-5-27-26(25)19-31-34(27)23-10-8-21(29)9-11-23/h3-13,19,22H,14-18H2,1-2H3,(H,30,35). The highest BCUT2D eigenvalue weighted by Crippen LogP contribution is 2.24. The van der Waals surface area contributed by atoms with E-state index in [0.29, 0.717) is 35.8 Å². The minimum absolute atomic E-state index is 0.246. The number of benzene rings is 3. The van der Waals surface area contributed by atoms with Crippen LogP contribution < -0.4 is 5.32 Å². The first-order valence-corrected chi connectivity index (χ1v) is 13.9. The molecule has 1 N–H and O–H groups in total. The van der Waals surface area contributed by atoms with Crippen LogP contribution >= 0.6 is 0 Å². The molecule has 0 atom stereocenters. The molecule has 4 aromatic rings. The van der Waals surface area contributed by atoms with Crippen molar-refractivity contribution in [2.75, 3.05) is 27.2 Å². The summed E-state index contributed by atoms with van der Waals surface area (Å²) >= 11 is 0. The van der Waals surface area contributed by atoms with Gasteiger partial charge in [0.2, 0.25) is 10.0 Å². The number of piperidine rings is 1. The van der Waals surface area contributed by atoms with Crippen molar-refractivity contribution in [2.24, 2.45) is 0 Å². The van der Waals surface area contributed by atoms with Gasteiger partial charge in [0.25, 0.3) is 5.91 Å². The monoisotopic (exact) mass is 535 g/mol. The molecule has 0 bridgehead atoms. The van der Waals surface area contributed by atoms with Crippen LogP contribution in [-0.4, -0.2) is 66.5 Å². The lowest BCUT2D eigenvalue weighted by atomic mass is 10.1. The molecule has 0 saturated carbocycles.